The van der Waals surface area contributed by atoms with E-state index in [1.807, 2.05) is 6.92 Å². The summed E-state index contributed by atoms with van der Waals surface area (Å²) in [5, 5.41) is 3.41. The number of rotatable bonds is 7. The molecule has 1 N–H and O–H groups in total. The van der Waals surface area contributed by atoms with Crippen LogP contribution in [0.2, 0.25) is 0 Å². The molecule has 0 heterocycles. The van der Waals surface area contributed by atoms with Gasteiger partial charge in [0.25, 0.3) is 0 Å². The van der Waals surface area contributed by atoms with Crippen LogP contribution in [0.15, 0.2) is 24.3 Å². The lowest BCUT2D eigenvalue weighted by Crippen LogP contribution is -2.30. The molecule has 0 aliphatic rings. The molecule has 0 aliphatic heterocycles. The van der Waals surface area contributed by atoms with Gasteiger partial charge < -0.3 is 10.1 Å². The molecule has 2 unspecified atom stereocenters. The van der Waals surface area contributed by atoms with Crippen molar-refractivity contribution >= 4 is 0 Å². The SMILES string of the molecule is C#CCC(CC)NC(C)c1ccc(OC(F)F)cc1. The molecule has 1 aromatic rings. The van der Waals surface area contributed by atoms with E-state index in [1.165, 1.54) is 0 Å². The lowest BCUT2D eigenvalue weighted by molar-refractivity contribution is -0.0498. The first-order chi connectivity index (χ1) is 9.06. The van der Waals surface area contributed by atoms with Gasteiger partial charge >= 0.3 is 6.61 Å². The van der Waals surface area contributed by atoms with Crippen LogP contribution in [-0.4, -0.2) is 12.7 Å². The Labute approximate surface area is 113 Å². The third-order valence-electron chi connectivity index (χ3n) is 2.95. The van der Waals surface area contributed by atoms with E-state index in [2.05, 4.69) is 22.9 Å². The van der Waals surface area contributed by atoms with Crippen LogP contribution in [0, 0.1) is 12.3 Å². The Morgan fingerprint density at radius 2 is 1.95 bits per heavy atom. The largest absolute Gasteiger partial charge is 0.435 e. The molecule has 104 valence electrons. The van der Waals surface area contributed by atoms with Gasteiger partial charge in [0, 0.05) is 18.5 Å². The van der Waals surface area contributed by atoms with Gasteiger partial charge in [0.2, 0.25) is 0 Å². The molecular formula is C15H19F2NO. The van der Waals surface area contributed by atoms with E-state index >= 15 is 0 Å². The molecule has 0 bridgehead atoms. The molecule has 0 aliphatic carbocycles. The van der Waals surface area contributed by atoms with Gasteiger partial charge in [-0.3, -0.25) is 0 Å². The molecule has 0 radical (unpaired) electrons. The lowest BCUT2D eigenvalue weighted by Gasteiger charge is -2.21. The average Bonchev–Trinajstić information content (AvgIpc) is 2.38. The van der Waals surface area contributed by atoms with Crippen molar-refractivity contribution in [2.24, 2.45) is 0 Å². The molecule has 0 spiro atoms. The van der Waals surface area contributed by atoms with Crippen molar-refractivity contribution in [3.8, 4) is 18.1 Å². The van der Waals surface area contributed by atoms with Gasteiger partial charge in [-0.25, -0.2) is 0 Å². The lowest BCUT2D eigenvalue weighted by atomic mass is 10.1. The molecule has 0 fully saturated rings. The van der Waals surface area contributed by atoms with Crippen LogP contribution in [0.4, 0.5) is 8.78 Å². The van der Waals surface area contributed by atoms with Crippen molar-refractivity contribution in [2.75, 3.05) is 0 Å². The van der Waals surface area contributed by atoms with Crippen molar-refractivity contribution in [1.29, 1.82) is 0 Å². The number of nitrogens with one attached hydrogen (secondary N) is 1. The third-order valence-corrected chi connectivity index (χ3v) is 2.95. The monoisotopic (exact) mass is 267 g/mol. The molecule has 1 aromatic carbocycles. The minimum Gasteiger partial charge on any atom is -0.435 e. The zero-order valence-electron chi connectivity index (χ0n) is 11.2. The van der Waals surface area contributed by atoms with Crippen LogP contribution in [-0.2, 0) is 0 Å². The number of hydrogen-bond donors (Lipinski definition) is 1. The first-order valence-corrected chi connectivity index (χ1v) is 6.31. The minimum atomic E-state index is -2.79. The standard InChI is InChI=1S/C15H19F2NO/c1-4-6-13(5-2)18-11(3)12-7-9-14(10-8-12)19-15(16)17/h1,7-11,13,15,18H,5-6H2,2-3H3. The zero-order valence-corrected chi connectivity index (χ0v) is 11.2. The van der Waals surface area contributed by atoms with Crippen molar-refractivity contribution in [2.45, 2.75) is 45.4 Å². The van der Waals surface area contributed by atoms with Crippen LogP contribution >= 0.6 is 0 Å². The van der Waals surface area contributed by atoms with Crippen molar-refractivity contribution in [3.05, 3.63) is 29.8 Å². The van der Waals surface area contributed by atoms with Crippen LogP contribution in [0.5, 0.6) is 5.75 Å². The highest BCUT2D eigenvalue weighted by Gasteiger charge is 2.11. The normalized spacial score (nSPS) is 13.9. The predicted octanol–water partition coefficient (Wildman–Crippen LogP) is 3.74. The van der Waals surface area contributed by atoms with E-state index < -0.39 is 6.61 Å². The van der Waals surface area contributed by atoms with E-state index in [0.29, 0.717) is 6.42 Å². The number of benzene rings is 1. The van der Waals surface area contributed by atoms with Gasteiger partial charge in [-0.05, 0) is 31.0 Å². The van der Waals surface area contributed by atoms with Gasteiger partial charge in [0.05, 0.1) is 0 Å². The van der Waals surface area contributed by atoms with Crippen molar-refractivity contribution < 1.29 is 13.5 Å². The highest BCUT2D eigenvalue weighted by molar-refractivity contribution is 5.29. The Balaban J connectivity index is 2.62. The Morgan fingerprint density at radius 1 is 1.32 bits per heavy atom. The fourth-order valence-corrected chi connectivity index (χ4v) is 1.85. The molecule has 2 atom stereocenters. The number of halogens is 2. The summed E-state index contributed by atoms with van der Waals surface area (Å²) in [5.74, 6) is 2.81. The van der Waals surface area contributed by atoms with Gasteiger partial charge in [-0.1, -0.05) is 19.1 Å². The second-order valence-corrected chi connectivity index (χ2v) is 4.35. The first kappa shape index (κ1) is 15.5. The van der Waals surface area contributed by atoms with E-state index in [0.717, 1.165) is 12.0 Å². The quantitative estimate of drug-likeness (QED) is 0.760. The summed E-state index contributed by atoms with van der Waals surface area (Å²) in [6, 6.07) is 7.01. The predicted molar refractivity (Wildman–Crippen MR) is 72.2 cm³/mol. The molecule has 1 rings (SSSR count). The number of ether oxygens (including phenoxy) is 1. The zero-order chi connectivity index (χ0) is 14.3. The first-order valence-electron chi connectivity index (χ1n) is 6.31. The van der Waals surface area contributed by atoms with E-state index in [4.69, 9.17) is 6.42 Å². The topological polar surface area (TPSA) is 21.3 Å². The summed E-state index contributed by atoms with van der Waals surface area (Å²) >= 11 is 0. The average molecular weight is 267 g/mol. The van der Waals surface area contributed by atoms with E-state index in [1.54, 1.807) is 24.3 Å². The summed E-state index contributed by atoms with van der Waals surface area (Å²) in [6.45, 7) is 1.30. The molecule has 0 amide bonds. The molecule has 19 heavy (non-hydrogen) atoms. The molecule has 0 saturated heterocycles. The Hall–Kier alpha value is -1.60. The fraction of sp³-hybridized carbons (Fsp3) is 0.467. The molecule has 4 heteroatoms. The minimum absolute atomic E-state index is 0.110. The summed E-state index contributed by atoms with van der Waals surface area (Å²) in [6.07, 6.45) is 6.93. The van der Waals surface area contributed by atoms with Gasteiger partial charge in [-0.2, -0.15) is 8.78 Å². The summed E-state index contributed by atoms with van der Waals surface area (Å²) in [7, 11) is 0. The summed E-state index contributed by atoms with van der Waals surface area (Å²) in [5.41, 5.74) is 1.01. The summed E-state index contributed by atoms with van der Waals surface area (Å²) < 4.78 is 28.4. The van der Waals surface area contributed by atoms with Crippen LogP contribution in [0.1, 0.15) is 38.3 Å². The smallest absolute Gasteiger partial charge is 0.387 e. The highest BCUT2D eigenvalue weighted by atomic mass is 19.3. The number of alkyl halides is 2. The van der Waals surface area contributed by atoms with E-state index in [-0.39, 0.29) is 17.8 Å². The third kappa shape index (κ3) is 5.27. The number of terminal acetylenes is 1. The maximum absolute atomic E-state index is 12.0. The highest BCUT2D eigenvalue weighted by Crippen LogP contribution is 2.20. The molecule has 2 nitrogen and oxygen atoms in total. The maximum Gasteiger partial charge on any atom is 0.387 e. The van der Waals surface area contributed by atoms with Crippen molar-refractivity contribution in [3.63, 3.8) is 0 Å². The second-order valence-electron chi connectivity index (χ2n) is 4.35. The second kappa shape index (κ2) is 7.75. The Morgan fingerprint density at radius 3 is 2.42 bits per heavy atom. The maximum atomic E-state index is 12.0. The molecule has 0 saturated carbocycles. The molecule has 0 aromatic heterocycles. The van der Waals surface area contributed by atoms with Crippen LogP contribution < -0.4 is 10.1 Å². The Bertz CT molecular complexity index is 411. The van der Waals surface area contributed by atoms with Crippen LogP contribution in [0.25, 0.3) is 0 Å². The van der Waals surface area contributed by atoms with Crippen molar-refractivity contribution in [1.82, 2.24) is 5.32 Å². The molecular weight excluding hydrogens is 248 g/mol. The van der Waals surface area contributed by atoms with E-state index in [9.17, 15) is 8.78 Å². The van der Waals surface area contributed by atoms with Gasteiger partial charge in [0.1, 0.15) is 5.75 Å². The Kier molecular flexibility index (Phi) is 6.31. The van der Waals surface area contributed by atoms with Gasteiger partial charge in [0.15, 0.2) is 0 Å². The van der Waals surface area contributed by atoms with Gasteiger partial charge in [-0.15, -0.1) is 12.3 Å². The number of hydrogen-bond acceptors (Lipinski definition) is 2. The van der Waals surface area contributed by atoms with Crippen LogP contribution in [0.3, 0.4) is 0 Å². The summed E-state index contributed by atoms with van der Waals surface area (Å²) in [4.78, 5) is 0. The fourth-order valence-electron chi connectivity index (χ4n) is 1.85.